The van der Waals surface area contributed by atoms with Gasteiger partial charge in [-0.2, -0.15) is 0 Å². The summed E-state index contributed by atoms with van der Waals surface area (Å²) in [6.07, 6.45) is 1.83. The van der Waals surface area contributed by atoms with E-state index >= 15 is 0 Å². The van der Waals surface area contributed by atoms with Gasteiger partial charge in [-0.3, -0.25) is 4.79 Å². The third-order valence-electron chi connectivity index (χ3n) is 4.08. The Labute approximate surface area is 138 Å². The van der Waals surface area contributed by atoms with Gasteiger partial charge in [-0.25, -0.2) is 0 Å². The minimum absolute atomic E-state index is 0.154. The average Bonchev–Trinajstić information content (AvgIpc) is 2.57. The van der Waals surface area contributed by atoms with E-state index < -0.39 is 0 Å². The van der Waals surface area contributed by atoms with Crippen LogP contribution in [0.2, 0.25) is 0 Å². The molecule has 0 bridgehead atoms. The largest absolute Gasteiger partial charge is 0.294 e. The number of rotatable bonds is 7. The number of carbonyl (C=O) groups excluding carboxylic acids is 1. The van der Waals surface area contributed by atoms with E-state index in [1.54, 1.807) is 0 Å². The molecule has 2 aromatic carbocycles. The molecule has 0 aliphatic heterocycles. The van der Waals surface area contributed by atoms with Crippen LogP contribution in [-0.4, -0.2) is 5.78 Å². The Hall–Kier alpha value is -1.54. The fourth-order valence-corrected chi connectivity index (χ4v) is 3.58. The number of Topliss-reactive ketones (excluding diaryl/α,β-unsaturated/α-hetero) is 1. The first-order valence-corrected chi connectivity index (χ1v) is 8.89. The lowest BCUT2D eigenvalue weighted by molar-refractivity contribution is 0.0913. The molecule has 2 heteroatoms. The van der Waals surface area contributed by atoms with Gasteiger partial charge < -0.3 is 0 Å². The molecular weight excluding hydrogens is 288 g/mol. The lowest BCUT2D eigenvalue weighted by Gasteiger charge is -2.13. The fourth-order valence-electron chi connectivity index (χ4n) is 2.59. The van der Waals surface area contributed by atoms with Gasteiger partial charge in [0.25, 0.3) is 0 Å². The van der Waals surface area contributed by atoms with Gasteiger partial charge >= 0.3 is 0 Å². The Balaban J connectivity index is 2.04. The van der Waals surface area contributed by atoms with Crippen LogP contribution in [0.25, 0.3) is 0 Å². The normalized spacial score (nSPS) is 12.4. The number of thioether (sulfide) groups is 1. The molecule has 0 spiro atoms. The van der Waals surface area contributed by atoms with Crippen molar-refractivity contribution in [2.45, 2.75) is 43.8 Å². The van der Waals surface area contributed by atoms with Crippen molar-refractivity contribution in [1.29, 1.82) is 0 Å². The summed E-state index contributed by atoms with van der Waals surface area (Å²) in [5, 5.41) is 0.404. The summed E-state index contributed by atoms with van der Waals surface area (Å²) in [6.45, 7) is 6.37. The highest BCUT2D eigenvalue weighted by Gasteiger charge is 2.16. The average molecular weight is 312 g/mol. The molecule has 22 heavy (non-hydrogen) atoms. The van der Waals surface area contributed by atoms with Crippen LogP contribution in [0.3, 0.4) is 0 Å². The van der Waals surface area contributed by atoms with Crippen LogP contribution < -0.4 is 0 Å². The molecule has 0 fully saturated rings. The smallest absolute Gasteiger partial charge is 0.165 e. The summed E-state index contributed by atoms with van der Waals surface area (Å²) in [5.74, 6) is 0.430. The fraction of sp³-hybridized carbons (Fsp3) is 0.350. The first-order valence-electron chi connectivity index (χ1n) is 8.01. The Bertz CT molecular complexity index is 585. The lowest BCUT2D eigenvalue weighted by atomic mass is 9.93. The summed E-state index contributed by atoms with van der Waals surface area (Å²) in [7, 11) is 0. The number of ketones is 1. The van der Waals surface area contributed by atoms with Gasteiger partial charge in [0.05, 0.1) is 0 Å². The topological polar surface area (TPSA) is 17.1 Å². The van der Waals surface area contributed by atoms with Gasteiger partial charge in [-0.1, -0.05) is 56.3 Å². The maximum Gasteiger partial charge on any atom is 0.165 e. The minimum atomic E-state index is 0.154. The van der Waals surface area contributed by atoms with Gasteiger partial charge in [0, 0.05) is 21.6 Å². The number of hydrogen-bond donors (Lipinski definition) is 0. The van der Waals surface area contributed by atoms with E-state index in [-0.39, 0.29) is 11.7 Å². The molecule has 1 atom stereocenters. The van der Waals surface area contributed by atoms with Crippen LogP contribution >= 0.6 is 11.8 Å². The molecule has 1 nitrogen and oxygen atoms in total. The summed E-state index contributed by atoms with van der Waals surface area (Å²) < 4.78 is 0. The SMILES string of the molecule is CCC(CC)C(=O)c1ccc(SC(C)c2ccccc2)cc1. The number of benzene rings is 2. The van der Waals surface area contributed by atoms with Gasteiger partial charge in [-0.05, 0) is 37.5 Å². The minimum Gasteiger partial charge on any atom is -0.294 e. The Morgan fingerprint density at radius 2 is 1.55 bits per heavy atom. The second-order valence-electron chi connectivity index (χ2n) is 5.57. The quantitative estimate of drug-likeness (QED) is 0.450. The Morgan fingerprint density at radius 3 is 2.09 bits per heavy atom. The summed E-state index contributed by atoms with van der Waals surface area (Å²) >= 11 is 1.83. The second-order valence-corrected chi connectivity index (χ2v) is 6.99. The zero-order valence-corrected chi connectivity index (χ0v) is 14.4. The van der Waals surface area contributed by atoms with E-state index in [9.17, 15) is 4.79 Å². The molecule has 0 aromatic heterocycles. The van der Waals surface area contributed by atoms with E-state index in [1.807, 2.05) is 30.0 Å². The molecule has 2 rings (SSSR count). The van der Waals surface area contributed by atoms with Crippen LogP contribution in [0.4, 0.5) is 0 Å². The molecule has 1 unspecified atom stereocenters. The molecule has 0 amide bonds. The highest BCUT2D eigenvalue weighted by molar-refractivity contribution is 7.99. The molecule has 2 aromatic rings. The Morgan fingerprint density at radius 1 is 0.955 bits per heavy atom. The van der Waals surface area contributed by atoms with Crippen molar-refractivity contribution in [2.24, 2.45) is 5.92 Å². The van der Waals surface area contributed by atoms with Gasteiger partial charge in [0.2, 0.25) is 0 Å². The van der Waals surface area contributed by atoms with E-state index in [1.165, 1.54) is 10.5 Å². The molecule has 0 heterocycles. The van der Waals surface area contributed by atoms with Crippen LogP contribution in [0.1, 0.15) is 54.8 Å². The van der Waals surface area contributed by atoms with Gasteiger partial charge in [-0.15, -0.1) is 11.8 Å². The molecule has 0 saturated heterocycles. The van der Waals surface area contributed by atoms with Crippen molar-refractivity contribution in [2.75, 3.05) is 0 Å². The van der Waals surface area contributed by atoms with E-state index in [2.05, 4.69) is 57.2 Å². The number of hydrogen-bond acceptors (Lipinski definition) is 2. The predicted octanol–water partition coefficient (Wildman–Crippen LogP) is 6.16. The molecule has 0 N–H and O–H groups in total. The van der Waals surface area contributed by atoms with E-state index in [0.717, 1.165) is 18.4 Å². The molecule has 0 aliphatic carbocycles. The van der Waals surface area contributed by atoms with Crippen LogP contribution in [0, 0.1) is 5.92 Å². The van der Waals surface area contributed by atoms with E-state index in [0.29, 0.717) is 5.25 Å². The molecule has 116 valence electrons. The van der Waals surface area contributed by atoms with Crippen molar-refractivity contribution < 1.29 is 4.79 Å². The predicted molar refractivity (Wildman–Crippen MR) is 95.6 cm³/mol. The third kappa shape index (κ3) is 4.23. The summed E-state index contributed by atoms with van der Waals surface area (Å²) in [6, 6.07) is 18.6. The van der Waals surface area contributed by atoms with Gasteiger partial charge in [0.15, 0.2) is 5.78 Å². The first kappa shape index (κ1) is 16.8. The molecular formula is C20H24OS. The zero-order valence-electron chi connectivity index (χ0n) is 13.6. The lowest BCUT2D eigenvalue weighted by Crippen LogP contribution is -2.12. The first-order chi connectivity index (χ1) is 10.7. The van der Waals surface area contributed by atoms with Crippen molar-refractivity contribution in [3.63, 3.8) is 0 Å². The highest BCUT2D eigenvalue weighted by Crippen LogP contribution is 2.34. The zero-order chi connectivity index (χ0) is 15.9. The van der Waals surface area contributed by atoms with Crippen LogP contribution in [-0.2, 0) is 0 Å². The maximum absolute atomic E-state index is 12.4. The summed E-state index contributed by atoms with van der Waals surface area (Å²) in [5.41, 5.74) is 2.16. The van der Waals surface area contributed by atoms with Crippen molar-refractivity contribution >= 4 is 17.5 Å². The third-order valence-corrected chi connectivity index (χ3v) is 5.25. The van der Waals surface area contributed by atoms with Crippen molar-refractivity contribution in [3.8, 4) is 0 Å². The monoisotopic (exact) mass is 312 g/mol. The van der Waals surface area contributed by atoms with Crippen LogP contribution in [0.15, 0.2) is 59.5 Å². The Kier molecular flexibility index (Phi) is 6.26. The van der Waals surface area contributed by atoms with Crippen LogP contribution in [0.5, 0.6) is 0 Å². The summed E-state index contributed by atoms with van der Waals surface area (Å²) in [4.78, 5) is 13.6. The standard InChI is InChI=1S/C20H24OS/c1-4-16(5-2)20(21)18-11-13-19(14-12-18)22-15(3)17-9-7-6-8-10-17/h6-16H,4-5H2,1-3H3. The number of carbonyl (C=O) groups is 1. The van der Waals surface area contributed by atoms with Crippen molar-refractivity contribution in [1.82, 2.24) is 0 Å². The maximum atomic E-state index is 12.4. The molecule has 0 aliphatic rings. The molecule has 0 saturated carbocycles. The highest BCUT2D eigenvalue weighted by atomic mass is 32.2. The van der Waals surface area contributed by atoms with Crippen molar-refractivity contribution in [3.05, 3.63) is 65.7 Å². The second kappa shape index (κ2) is 8.19. The molecule has 0 radical (unpaired) electrons. The van der Waals surface area contributed by atoms with Gasteiger partial charge in [0.1, 0.15) is 0 Å². The van der Waals surface area contributed by atoms with E-state index in [4.69, 9.17) is 0 Å².